The van der Waals surface area contributed by atoms with Crippen molar-refractivity contribution < 1.29 is 9.90 Å². The Balaban J connectivity index is 2.11. The van der Waals surface area contributed by atoms with Gasteiger partial charge in [0.25, 0.3) is 5.84 Å². The molecule has 6 heteroatoms. The Hall–Kier alpha value is -3.02. The molecule has 0 radical (unpaired) electrons. The number of nitrogens with one attached hydrogen (secondary N) is 1. The van der Waals surface area contributed by atoms with Crippen molar-refractivity contribution in [3.63, 3.8) is 0 Å². The zero-order valence-electron chi connectivity index (χ0n) is 10.5. The Morgan fingerprint density at radius 2 is 1.55 bits per heavy atom. The Bertz CT molecular complexity index is 624. The van der Waals surface area contributed by atoms with Gasteiger partial charge in [-0.05, 0) is 24.3 Å². The maximum absolute atomic E-state index is 11.0. The first-order chi connectivity index (χ1) is 9.75. The third kappa shape index (κ3) is 4.02. The van der Waals surface area contributed by atoms with Crippen LogP contribution in [0.1, 0.15) is 0 Å². The van der Waals surface area contributed by atoms with E-state index in [2.05, 4.69) is 20.8 Å². The van der Waals surface area contributed by atoms with E-state index in [0.717, 1.165) is 0 Å². The second kappa shape index (κ2) is 6.79. The molecule has 0 spiro atoms. The second-order valence-electron chi connectivity index (χ2n) is 3.75. The summed E-state index contributed by atoms with van der Waals surface area (Å²) < 4.78 is 0. The molecule has 2 aromatic rings. The number of azo groups is 1. The van der Waals surface area contributed by atoms with Crippen molar-refractivity contribution in [2.45, 2.75) is 0 Å². The van der Waals surface area contributed by atoms with Crippen molar-refractivity contribution in [1.82, 2.24) is 0 Å². The molecule has 2 aromatic carbocycles. The molecule has 20 heavy (non-hydrogen) atoms. The number of hydrogen-bond acceptors (Lipinski definition) is 4. The van der Waals surface area contributed by atoms with E-state index in [1.54, 1.807) is 36.4 Å². The highest BCUT2D eigenvalue weighted by Crippen LogP contribution is 2.10. The van der Waals surface area contributed by atoms with Crippen LogP contribution in [0.5, 0.6) is 0 Å². The Morgan fingerprint density at radius 1 is 0.950 bits per heavy atom. The first-order valence-corrected chi connectivity index (χ1v) is 5.84. The molecule has 0 bridgehead atoms. The molecule has 0 unspecified atom stereocenters. The molecule has 0 fully saturated rings. The van der Waals surface area contributed by atoms with Crippen LogP contribution in [0.25, 0.3) is 0 Å². The quantitative estimate of drug-likeness (QED) is 0.387. The van der Waals surface area contributed by atoms with E-state index in [4.69, 9.17) is 5.11 Å². The molecule has 0 heterocycles. The number of carbonyl (C=O) groups is 1. The number of para-hydroxylation sites is 1. The van der Waals surface area contributed by atoms with Gasteiger partial charge in [-0.25, -0.2) is 4.79 Å². The standard InChI is InChI=1S/C14H12N4O2/c19-14(20)13(17-15-11-7-3-1-4-8-11)18-16-12-9-5-2-6-10-12/h1-10,15H,(H,19,20)/b17-13-,18-16?. The third-order valence-electron chi connectivity index (χ3n) is 2.27. The van der Waals surface area contributed by atoms with Gasteiger partial charge in [0.15, 0.2) is 0 Å². The van der Waals surface area contributed by atoms with Gasteiger partial charge in [-0.2, -0.15) is 0 Å². The lowest BCUT2D eigenvalue weighted by Gasteiger charge is -1.99. The molecular formula is C14H12N4O2. The van der Waals surface area contributed by atoms with E-state index in [0.29, 0.717) is 11.4 Å². The van der Waals surface area contributed by atoms with Crippen LogP contribution in [-0.4, -0.2) is 16.9 Å². The number of benzene rings is 2. The van der Waals surface area contributed by atoms with Gasteiger partial charge in [0.2, 0.25) is 0 Å². The summed E-state index contributed by atoms with van der Waals surface area (Å²) in [6.45, 7) is 0. The molecule has 100 valence electrons. The van der Waals surface area contributed by atoms with E-state index >= 15 is 0 Å². The number of nitrogens with zero attached hydrogens (tertiary/aromatic N) is 3. The largest absolute Gasteiger partial charge is 0.475 e. The van der Waals surface area contributed by atoms with Gasteiger partial charge in [-0.15, -0.1) is 15.3 Å². The maximum Gasteiger partial charge on any atom is 0.377 e. The first kappa shape index (κ1) is 13.4. The van der Waals surface area contributed by atoms with E-state index in [1.165, 1.54) is 0 Å². The number of anilines is 1. The fraction of sp³-hybridized carbons (Fsp3) is 0. The summed E-state index contributed by atoms with van der Waals surface area (Å²) in [4.78, 5) is 11.0. The minimum Gasteiger partial charge on any atom is -0.475 e. The Kier molecular flexibility index (Phi) is 4.55. The normalized spacial score (nSPS) is 11.5. The molecule has 2 N–H and O–H groups in total. The van der Waals surface area contributed by atoms with Crippen molar-refractivity contribution in [3.8, 4) is 0 Å². The zero-order chi connectivity index (χ0) is 14.2. The topological polar surface area (TPSA) is 86.4 Å². The number of amidine groups is 1. The van der Waals surface area contributed by atoms with Crippen molar-refractivity contribution in [2.24, 2.45) is 15.3 Å². The summed E-state index contributed by atoms with van der Waals surface area (Å²) in [7, 11) is 0. The van der Waals surface area contributed by atoms with Crippen molar-refractivity contribution >= 4 is 23.2 Å². The van der Waals surface area contributed by atoms with Crippen molar-refractivity contribution in [1.29, 1.82) is 0 Å². The third-order valence-corrected chi connectivity index (χ3v) is 2.27. The van der Waals surface area contributed by atoms with E-state index in [-0.39, 0.29) is 0 Å². The Morgan fingerprint density at radius 3 is 2.15 bits per heavy atom. The lowest BCUT2D eigenvalue weighted by Crippen LogP contribution is -2.11. The average Bonchev–Trinajstić information content (AvgIpc) is 2.49. The lowest BCUT2D eigenvalue weighted by molar-refractivity contribution is -0.129. The minimum atomic E-state index is -1.26. The summed E-state index contributed by atoms with van der Waals surface area (Å²) in [5.74, 6) is -1.68. The number of carboxylic acids is 1. The van der Waals surface area contributed by atoms with Crippen LogP contribution < -0.4 is 5.43 Å². The monoisotopic (exact) mass is 268 g/mol. The van der Waals surface area contributed by atoms with Crippen LogP contribution in [0.15, 0.2) is 76.0 Å². The Labute approximate surface area is 115 Å². The summed E-state index contributed by atoms with van der Waals surface area (Å²) in [6, 6.07) is 17.8. The van der Waals surface area contributed by atoms with E-state index in [9.17, 15) is 4.79 Å². The highest BCUT2D eigenvalue weighted by Gasteiger charge is 2.08. The predicted molar refractivity (Wildman–Crippen MR) is 76.1 cm³/mol. The van der Waals surface area contributed by atoms with Gasteiger partial charge in [0.05, 0.1) is 11.4 Å². The zero-order valence-corrected chi connectivity index (χ0v) is 10.5. The minimum absolute atomic E-state index is 0.419. The second-order valence-corrected chi connectivity index (χ2v) is 3.75. The molecule has 0 aliphatic heterocycles. The van der Waals surface area contributed by atoms with Gasteiger partial charge in [-0.1, -0.05) is 36.4 Å². The van der Waals surface area contributed by atoms with Crippen molar-refractivity contribution in [3.05, 3.63) is 60.7 Å². The molecule has 0 aliphatic carbocycles. The van der Waals surface area contributed by atoms with Crippen LogP contribution in [0.2, 0.25) is 0 Å². The molecule has 0 amide bonds. The molecule has 0 atom stereocenters. The lowest BCUT2D eigenvalue weighted by atomic mass is 10.3. The molecule has 0 saturated carbocycles. The van der Waals surface area contributed by atoms with Crippen LogP contribution in [0, 0.1) is 0 Å². The number of aliphatic carboxylic acids is 1. The van der Waals surface area contributed by atoms with Gasteiger partial charge >= 0.3 is 5.97 Å². The van der Waals surface area contributed by atoms with E-state index < -0.39 is 11.8 Å². The van der Waals surface area contributed by atoms with Gasteiger partial charge in [0, 0.05) is 0 Å². The highest BCUT2D eigenvalue weighted by molar-refractivity contribution is 6.34. The van der Waals surface area contributed by atoms with E-state index in [1.807, 2.05) is 24.3 Å². The van der Waals surface area contributed by atoms with Crippen LogP contribution in [0.3, 0.4) is 0 Å². The maximum atomic E-state index is 11.0. The fourth-order valence-electron chi connectivity index (χ4n) is 1.34. The molecular weight excluding hydrogens is 256 g/mol. The summed E-state index contributed by atoms with van der Waals surface area (Å²) in [6.07, 6.45) is 0. The number of carboxylic acid groups (broad SMARTS) is 1. The predicted octanol–water partition coefficient (Wildman–Crippen LogP) is 3.28. The SMILES string of the molecule is O=C(O)/C(N=Nc1ccccc1)=N/Nc1ccccc1. The molecule has 0 saturated heterocycles. The number of rotatable bonds is 3. The average molecular weight is 268 g/mol. The van der Waals surface area contributed by atoms with Crippen molar-refractivity contribution in [2.75, 3.05) is 5.43 Å². The smallest absolute Gasteiger partial charge is 0.377 e. The first-order valence-electron chi connectivity index (χ1n) is 5.84. The summed E-state index contributed by atoms with van der Waals surface area (Å²) in [5.41, 5.74) is 3.84. The molecule has 0 aliphatic rings. The fourth-order valence-corrected chi connectivity index (χ4v) is 1.34. The molecule has 6 nitrogen and oxygen atoms in total. The van der Waals surface area contributed by atoms with Gasteiger partial charge in [-0.3, -0.25) is 5.43 Å². The number of hydrazone groups is 1. The summed E-state index contributed by atoms with van der Waals surface area (Å²) in [5, 5.41) is 20.2. The van der Waals surface area contributed by atoms with Gasteiger partial charge in [0.1, 0.15) is 0 Å². The van der Waals surface area contributed by atoms with Crippen LogP contribution >= 0.6 is 0 Å². The molecule has 0 aromatic heterocycles. The van der Waals surface area contributed by atoms with Gasteiger partial charge < -0.3 is 5.11 Å². The molecule has 2 rings (SSSR count). The highest BCUT2D eigenvalue weighted by atomic mass is 16.4. The van der Waals surface area contributed by atoms with Crippen LogP contribution in [-0.2, 0) is 4.79 Å². The number of hydrogen-bond donors (Lipinski definition) is 2. The summed E-state index contributed by atoms with van der Waals surface area (Å²) >= 11 is 0. The van der Waals surface area contributed by atoms with Crippen LogP contribution in [0.4, 0.5) is 11.4 Å².